The second-order valence-corrected chi connectivity index (χ2v) is 6.82. The van der Waals surface area contributed by atoms with Crippen molar-refractivity contribution >= 4 is 43.2 Å². The standard InChI is InChI=1S/C19H29N3O3.3ClH/c1-2-15-5-3-4-6-17(15)25-18(19(23)24)22-13-11-21(12-14-22)16-7-9-20-10-8-16;;;/h3-6,16,18,20H,2,7-14H2,1H3,(H,23,24);3*1H. The first kappa shape index (κ1) is 27.2. The number of carboxylic acids is 1. The zero-order valence-corrected chi connectivity index (χ0v) is 18.7. The minimum Gasteiger partial charge on any atom is -0.477 e. The van der Waals surface area contributed by atoms with Crippen molar-refractivity contribution in [2.24, 2.45) is 0 Å². The van der Waals surface area contributed by atoms with Gasteiger partial charge < -0.3 is 15.2 Å². The number of halogens is 3. The van der Waals surface area contributed by atoms with Crippen molar-refractivity contribution in [3.63, 3.8) is 0 Å². The van der Waals surface area contributed by atoms with E-state index in [1.165, 1.54) is 12.8 Å². The lowest BCUT2D eigenvalue weighted by atomic mass is 10.0. The second-order valence-electron chi connectivity index (χ2n) is 6.82. The lowest BCUT2D eigenvalue weighted by Crippen LogP contribution is -2.57. The average molecular weight is 457 g/mol. The zero-order chi connectivity index (χ0) is 17.6. The van der Waals surface area contributed by atoms with Crippen LogP contribution in [0.3, 0.4) is 0 Å². The van der Waals surface area contributed by atoms with E-state index in [4.69, 9.17) is 4.74 Å². The predicted octanol–water partition coefficient (Wildman–Crippen LogP) is 2.67. The van der Waals surface area contributed by atoms with Crippen molar-refractivity contribution in [1.82, 2.24) is 15.1 Å². The van der Waals surface area contributed by atoms with E-state index >= 15 is 0 Å². The van der Waals surface area contributed by atoms with E-state index in [9.17, 15) is 9.90 Å². The lowest BCUT2D eigenvalue weighted by Gasteiger charge is -2.42. The van der Waals surface area contributed by atoms with Gasteiger partial charge in [-0.05, 0) is 44.0 Å². The molecule has 28 heavy (non-hydrogen) atoms. The van der Waals surface area contributed by atoms with E-state index in [1.54, 1.807) is 0 Å². The molecule has 9 heteroatoms. The van der Waals surface area contributed by atoms with Crippen LogP contribution in [0, 0.1) is 0 Å². The van der Waals surface area contributed by atoms with Gasteiger partial charge in [-0.2, -0.15) is 0 Å². The Kier molecular flexibility index (Phi) is 13.1. The van der Waals surface area contributed by atoms with Gasteiger partial charge in [0.2, 0.25) is 0 Å². The number of nitrogens with one attached hydrogen (secondary N) is 1. The van der Waals surface area contributed by atoms with E-state index in [1.807, 2.05) is 29.2 Å². The Labute approximate surface area is 186 Å². The molecule has 0 aliphatic carbocycles. The lowest BCUT2D eigenvalue weighted by molar-refractivity contribution is -0.156. The Balaban J connectivity index is 0.00000243. The minimum absolute atomic E-state index is 0. The number of nitrogens with zero attached hydrogens (tertiary/aromatic N) is 2. The van der Waals surface area contributed by atoms with Crippen LogP contribution >= 0.6 is 37.2 Å². The molecule has 0 radical (unpaired) electrons. The van der Waals surface area contributed by atoms with Crippen LogP contribution in [0.15, 0.2) is 24.3 Å². The van der Waals surface area contributed by atoms with Gasteiger partial charge in [-0.25, -0.2) is 4.79 Å². The number of aliphatic carboxylic acids is 1. The molecule has 1 unspecified atom stereocenters. The number of aryl methyl sites for hydroxylation is 1. The van der Waals surface area contributed by atoms with Crippen molar-refractivity contribution in [3.8, 4) is 5.75 Å². The van der Waals surface area contributed by atoms with Crippen LogP contribution in [0.2, 0.25) is 0 Å². The van der Waals surface area contributed by atoms with Gasteiger partial charge >= 0.3 is 5.97 Å². The van der Waals surface area contributed by atoms with Crippen LogP contribution in [-0.4, -0.2) is 72.4 Å². The molecule has 1 aromatic carbocycles. The number of piperazine rings is 1. The molecule has 2 fully saturated rings. The van der Waals surface area contributed by atoms with E-state index in [0.717, 1.165) is 51.3 Å². The molecule has 0 amide bonds. The third-order valence-electron chi connectivity index (χ3n) is 5.31. The highest BCUT2D eigenvalue weighted by Crippen LogP contribution is 2.22. The number of piperidine rings is 1. The smallest absolute Gasteiger partial charge is 0.360 e. The van der Waals surface area contributed by atoms with E-state index in [-0.39, 0.29) is 37.2 Å². The van der Waals surface area contributed by atoms with Crippen LogP contribution in [0.5, 0.6) is 5.75 Å². The van der Waals surface area contributed by atoms with Crippen molar-refractivity contribution in [1.29, 1.82) is 0 Å². The van der Waals surface area contributed by atoms with Gasteiger partial charge in [-0.3, -0.25) is 9.80 Å². The molecule has 0 saturated carbocycles. The van der Waals surface area contributed by atoms with Crippen LogP contribution in [-0.2, 0) is 11.2 Å². The highest BCUT2D eigenvalue weighted by atomic mass is 35.5. The second kappa shape index (κ2) is 13.5. The first-order chi connectivity index (χ1) is 12.2. The van der Waals surface area contributed by atoms with Crippen LogP contribution in [0.4, 0.5) is 0 Å². The summed E-state index contributed by atoms with van der Waals surface area (Å²) < 4.78 is 5.92. The number of hydrogen-bond acceptors (Lipinski definition) is 5. The van der Waals surface area contributed by atoms with Gasteiger partial charge in [0.05, 0.1) is 0 Å². The Morgan fingerprint density at radius 3 is 2.32 bits per heavy atom. The molecule has 2 heterocycles. The van der Waals surface area contributed by atoms with Crippen molar-refractivity contribution in [2.75, 3.05) is 39.3 Å². The number of hydrogen-bond donors (Lipinski definition) is 2. The Morgan fingerprint density at radius 1 is 1.14 bits per heavy atom. The molecule has 1 atom stereocenters. The molecule has 2 aliphatic heterocycles. The highest BCUT2D eigenvalue weighted by Gasteiger charge is 2.33. The van der Waals surface area contributed by atoms with Crippen LogP contribution in [0.1, 0.15) is 25.3 Å². The largest absolute Gasteiger partial charge is 0.477 e. The first-order valence-corrected chi connectivity index (χ1v) is 9.35. The summed E-state index contributed by atoms with van der Waals surface area (Å²) in [5.74, 6) is -0.237. The number of rotatable bonds is 6. The summed E-state index contributed by atoms with van der Waals surface area (Å²) in [4.78, 5) is 16.3. The normalized spacial score (nSPS) is 19.5. The quantitative estimate of drug-likeness (QED) is 0.686. The maximum Gasteiger partial charge on any atom is 0.360 e. The van der Waals surface area contributed by atoms with Crippen LogP contribution in [0.25, 0.3) is 0 Å². The topological polar surface area (TPSA) is 65.0 Å². The van der Waals surface area contributed by atoms with E-state index in [0.29, 0.717) is 11.8 Å². The number of carbonyl (C=O) groups is 1. The third-order valence-corrected chi connectivity index (χ3v) is 5.31. The summed E-state index contributed by atoms with van der Waals surface area (Å²) in [6.07, 6.45) is 2.28. The Hall–Kier alpha value is -0.760. The monoisotopic (exact) mass is 455 g/mol. The summed E-state index contributed by atoms with van der Waals surface area (Å²) >= 11 is 0. The molecule has 1 aromatic rings. The summed E-state index contributed by atoms with van der Waals surface area (Å²) in [6, 6.07) is 8.33. The van der Waals surface area contributed by atoms with E-state index < -0.39 is 12.2 Å². The molecule has 2 aliphatic rings. The average Bonchev–Trinajstić information content (AvgIpc) is 2.67. The molecule has 2 saturated heterocycles. The van der Waals surface area contributed by atoms with Crippen molar-refractivity contribution in [2.45, 2.75) is 38.5 Å². The van der Waals surface area contributed by atoms with Gasteiger partial charge in [0.1, 0.15) is 5.75 Å². The summed E-state index contributed by atoms with van der Waals surface area (Å²) in [5.41, 5.74) is 1.04. The van der Waals surface area contributed by atoms with Crippen molar-refractivity contribution in [3.05, 3.63) is 29.8 Å². The molecule has 6 nitrogen and oxygen atoms in total. The maximum atomic E-state index is 11.8. The molecule has 0 bridgehead atoms. The fourth-order valence-electron chi connectivity index (χ4n) is 3.82. The third kappa shape index (κ3) is 6.94. The first-order valence-electron chi connectivity index (χ1n) is 9.35. The number of benzene rings is 1. The van der Waals surface area contributed by atoms with Crippen molar-refractivity contribution < 1.29 is 14.6 Å². The molecule has 0 spiro atoms. The highest BCUT2D eigenvalue weighted by molar-refractivity contribution is 5.86. The summed E-state index contributed by atoms with van der Waals surface area (Å²) in [5, 5.41) is 13.1. The van der Waals surface area contributed by atoms with Gasteiger partial charge in [0.25, 0.3) is 6.23 Å². The molecular formula is C19H32Cl3N3O3. The van der Waals surface area contributed by atoms with Gasteiger partial charge in [0.15, 0.2) is 0 Å². The van der Waals surface area contributed by atoms with Gasteiger partial charge in [-0.15, -0.1) is 37.2 Å². The SMILES string of the molecule is CCc1ccccc1OC(C(=O)O)N1CCN(C2CCNCC2)CC1.Cl.Cl.Cl. The molecule has 162 valence electrons. The molecule has 2 N–H and O–H groups in total. The predicted molar refractivity (Wildman–Crippen MR) is 119 cm³/mol. The summed E-state index contributed by atoms with van der Waals surface area (Å²) in [7, 11) is 0. The number of ether oxygens (including phenoxy) is 1. The van der Waals surface area contributed by atoms with Gasteiger partial charge in [-0.1, -0.05) is 25.1 Å². The minimum atomic E-state index is -0.916. The Bertz CT molecular complexity index is 581. The van der Waals surface area contributed by atoms with E-state index in [2.05, 4.69) is 17.1 Å². The summed E-state index contributed by atoms with van der Waals surface area (Å²) in [6.45, 7) is 7.50. The van der Waals surface area contributed by atoms with Crippen LogP contribution < -0.4 is 10.1 Å². The Morgan fingerprint density at radius 2 is 1.75 bits per heavy atom. The fraction of sp³-hybridized carbons (Fsp3) is 0.632. The maximum absolute atomic E-state index is 11.8. The fourth-order valence-corrected chi connectivity index (χ4v) is 3.82. The number of para-hydroxylation sites is 1. The number of carboxylic acid groups (broad SMARTS) is 1. The molecule has 0 aromatic heterocycles. The van der Waals surface area contributed by atoms with Gasteiger partial charge in [0, 0.05) is 32.2 Å². The molecular weight excluding hydrogens is 425 g/mol. The zero-order valence-electron chi connectivity index (χ0n) is 16.2. The molecule has 3 rings (SSSR count).